The van der Waals surface area contributed by atoms with Gasteiger partial charge in [-0.2, -0.15) is 10.2 Å². The Kier molecular flexibility index (Phi) is 3.16. The molecule has 3 rings (SSSR count). The van der Waals surface area contributed by atoms with Crippen molar-refractivity contribution in [3.63, 3.8) is 0 Å². The molecule has 0 amide bonds. The summed E-state index contributed by atoms with van der Waals surface area (Å²) in [7, 11) is 1.57. The second-order valence-electron chi connectivity index (χ2n) is 4.04. The Morgan fingerprint density at radius 1 is 1.20 bits per heavy atom. The van der Waals surface area contributed by atoms with Gasteiger partial charge in [0.1, 0.15) is 4.90 Å². The summed E-state index contributed by atoms with van der Waals surface area (Å²) in [6.07, 6.45) is 2.88. The molecule has 102 valence electrons. The second kappa shape index (κ2) is 4.73. The molecule has 2 heterocycles. The molecular weight excluding hydrogens is 321 g/mol. The van der Waals surface area contributed by atoms with Gasteiger partial charge in [-0.1, -0.05) is 11.6 Å². The average Bonchev–Trinajstić information content (AvgIpc) is 2.83. The molecule has 5 nitrogen and oxygen atoms in total. The minimum atomic E-state index is -3.84. The number of nitrogens with zero attached hydrogens (tertiary/aromatic N) is 2. The van der Waals surface area contributed by atoms with Gasteiger partial charge in [0.15, 0.2) is 0 Å². The summed E-state index contributed by atoms with van der Waals surface area (Å²) in [4.78, 5) is 2.90. The van der Waals surface area contributed by atoms with Crippen LogP contribution in [0.3, 0.4) is 0 Å². The van der Waals surface area contributed by atoms with Crippen molar-refractivity contribution in [2.45, 2.75) is 4.90 Å². The maximum atomic E-state index is 11.5. The van der Waals surface area contributed by atoms with E-state index in [9.17, 15) is 8.42 Å². The van der Waals surface area contributed by atoms with Crippen LogP contribution in [0.5, 0.6) is 0 Å². The van der Waals surface area contributed by atoms with Gasteiger partial charge in [-0.3, -0.25) is 0 Å². The van der Waals surface area contributed by atoms with Crippen molar-refractivity contribution < 1.29 is 8.42 Å². The predicted molar refractivity (Wildman–Crippen MR) is 77.4 cm³/mol. The third-order valence-corrected chi connectivity index (χ3v) is 4.54. The molecule has 0 bridgehead atoms. The highest BCUT2D eigenvalue weighted by Gasteiger charge is 2.20. The zero-order valence-electron chi connectivity index (χ0n) is 9.84. The molecule has 0 spiro atoms. The van der Waals surface area contributed by atoms with Crippen molar-refractivity contribution in [2.75, 3.05) is 0 Å². The maximum Gasteiger partial charge on any atom is 0.263 e. The van der Waals surface area contributed by atoms with E-state index in [0.717, 1.165) is 0 Å². The van der Waals surface area contributed by atoms with Crippen LogP contribution in [0.2, 0.25) is 5.02 Å². The lowest BCUT2D eigenvalue weighted by Gasteiger charge is -2.05. The van der Waals surface area contributed by atoms with Gasteiger partial charge in [-0.25, -0.2) is 8.42 Å². The third kappa shape index (κ3) is 2.15. The van der Waals surface area contributed by atoms with Crippen LogP contribution in [-0.2, 0) is 9.05 Å². The van der Waals surface area contributed by atoms with Crippen LogP contribution < -0.4 is 0 Å². The number of aromatic amines is 1. The van der Waals surface area contributed by atoms with E-state index >= 15 is 0 Å². The van der Waals surface area contributed by atoms with Gasteiger partial charge < -0.3 is 4.98 Å². The van der Waals surface area contributed by atoms with E-state index in [-0.39, 0.29) is 4.90 Å². The molecule has 0 saturated heterocycles. The molecule has 0 unspecified atom stereocenters. The zero-order chi connectivity index (χ0) is 14.3. The first-order chi connectivity index (χ1) is 9.48. The fourth-order valence-corrected chi connectivity index (χ4v) is 3.30. The van der Waals surface area contributed by atoms with Crippen molar-refractivity contribution in [1.29, 1.82) is 0 Å². The molecule has 0 atom stereocenters. The molecule has 0 aliphatic carbocycles. The maximum absolute atomic E-state index is 11.5. The van der Waals surface area contributed by atoms with E-state index in [0.29, 0.717) is 27.2 Å². The van der Waals surface area contributed by atoms with Crippen LogP contribution in [0.25, 0.3) is 22.2 Å². The topological polar surface area (TPSA) is 75.7 Å². The van der Waals surface area contributed by atoms with Crippen LogP contribution in [0.4, 0.5) is 0 Å². The predicted octanol–water partition coefficient (Wildman–Crippen LogP) is 3.21. The van der Waals surface area contributed by atoms with E-state index in [1.54, 1.807) is 30.5 Å². The van der Waals surface area contributed by atoms with Gasteiger partial charge in [0, 0.05) is 34.0 Å². The number of H-pyrrole nitrogens is 1. The molecular formula is C12H7Cl2N3O2S. The van der Waals surface area contributed by atoms with Crippen molar-refractivity contribution >= 4 is 42.2 Å². The second-order valence-corrected chi connectivity index (χ2v) is 6.99. The quantitative estimate of drug-likeness (QED) is 0.733. The first-order valence-corrected chi connectivity index (χ1v) is 8.19. The average molecular weight is 328 g/mol. The Bertz CT molecular complexity index is 892. The SMILES string of the molecule is O=S(=O)(Cl)c1c[nH]c2c(-c3cccnn3)c(Cl)ccc12. The first kappa shape index (κ1) is 13.4. The molecule has 20 heavy (non-hydrogen) atoms. The molecule has 0 radical (unpaired) electrons. The highest BCUT2D eigenvalue weighted by Crippen LogP contribution is 2.36. The number of aromatic nitrogens is 3. The standard InChI is InChI=1S/C12H7Cl2N3O2S/c13-8-4-3-7-10(20(14,18)19)6-15-12(7)11(8)9-2-1-5-16-17-9/h1-6,15H. The lowest BCUT2D eigenvalue weighted by Crippen LogP contribution is -1.90. The molecule has 1 aromatic carbocycles. The molecule has 2 aromatic heterocycles. The van der Waals surface area contributed by atoms with Crippen molar-refractivity contribution in [3.8, 4) is 11.3 Å². The van der Waals surface area contributed by atoms with E-state index in [2.05, 4.69) is 15.2 Å². The van der Waals surface area contributed by atoms with E-state index in [1.165, 1.54) is 6.20 Å². The lowest BCUT2D eigenvalue weighted by molar-refractivity contribution is 0.610. The molecule has 8 heteroatoms. The summed E-state index contributed by atoms with van der Waals surface area (Å²) in [5.41, 5.74) is 1.68. The smallest absolute Gasteiger partial charge is 0.263 e. The number of hydrogen-bond acceptors (Lipinski definition) is 4. The molecule has 1 N–H and O–H groups in total. The van der Waals surface area contributed by atoms with E-state index < -0.39 is 9.05 Å². The molecule has 3 aromatic rings. The number of halogens is 2. The minimum Gasteiger partial charge on any atom is -0.359 e. The highest BCUT2D eigenvalue weighted by molar-refractivity contribution is 8.14. The van der Waals surface area contributed by atoms with Gasteiger partial charge >= 0.3 is 0 Å². The molecule has 0 aliphatic rings. The number of rotatable bonds is 2. The molecule has 0 aliphatic heterocycles. The summed E-state index contributed by atoms with van der Waals surface area (Å²) in [6, 6.07) is 6.67. The number of fused-ring (bicyclic) bond motifs is 1. The van der Waals surface area contributed by atoms with Crippen molar-refractivity contribution in [2.24, 2.45) is 0 Å². The zero-order valence-corrected chi connectivity index (χ0v) is 12.2. The number of hydrogen-bond donors (Lipinski definition) is 1. The lowest BCUT2D eigenvalue weighted by atomic mass is 10.1. The summed E-state index contributed by atoms with van der Waals surface area (Å²) < 4.78 is 23.1. The van der Waals surface area contributed by atoms with Crippen LogP contribution in [0.15, 0.2) is 41.6 Å². The minimum absolute atomic E-state index is 0.0102. The normalized spacial score (nSPS) is 11.9. The van der Waals surface area contributed by atoms with Gasteiger partial charge in [0.05, 0.1) is 16.2 Å². The molecule has 0 fully saturated rings. The Balaban J connectivity index is 2.39. The van der Waals surface area contributed by atoms with Crippen LogP contribution in [-0.4, -0.2) is 23.6 Å². The fourth-order valence-electron chi connectivity index (χ4n) is 2.03. The Morgan fingerprint density at radius 3 is 2.65 bits per heavy atom. The van der Waals surface area contributed by atoms with Gasteiger partial charge in [0.25, 0.3) is 9.05 Å². The van der Waals surface area contributed by atoms with Crippen molar-refractivity contribution in [1.82, 2.24) is 15.2 Å². The largest absolute Gasteiger partial charge is 0.359 e. The van der Waals surface area contributed by atoms with Gasteiger partial charge in [-0.05, 0) is 24.3 Å². The number of nitrogens with one attached hydrogen (secondary N) is 1. The summed E-state index contributed by atoms with van der Waals surface area (Å²) >= 11 is 6.19. The van der Waals surface area contributed by atoms with Crippen LogP contribution in [0, 0.1) is 0 Å². The van der Waals surface area contributed by atoms with Crippen molar-refractivity contribution in [3.05, 3.63) is 41.7 Å². The van der Waals surface area contributed by atoms with Crippen LogP contribution in [0.1, 0.15) is 0 Å². The van der Waals surface area contributed by atoms with Crippen LogP contribution >= 0.6 is 22.3 Å². The Morgan fingerprint density at radius 2 is 2.00 bits per heavy atom. The summed E-state index contributed by atoms with van der Waals surface area (Å²) in [5.74, 6) is 0. The highest BCUT2D eigenvalue weighted by atomic mass is 35.7. The number of benzene rings is 1. The van der Waals surface area contributed by atoms with E-state index in [1.807, 2.05) is 0 Å². The summed E-state index contributed by atoms with van der Waals surface area (Å²) in [5, 5.41) is 8.70. The first-order valence-electron chi connectivity index (χ1n) is 5.51. The molecule has 0 saturated carbocycles. The third-order valence-electron chi connectivity index (χ3n) is 2.86. The monoisotopic (exact) mass is 327 g/mol. The Labute approximate surface area is 124 Å². The van der Waals surface area contributed by atoms with Gasteiger partial charge in [0.2, 0.25) is 0 Å². The Hall–Kier alpha value is -1.63. The van der Waals surface area contributed by atoms with Gasteiger partial charge in [-0.15, -0.1) is 0 Å². The van der Waals surface area contributed by atoms with E-state index in [4.69, 9.17) is 22.3 Å². The fraction of sp³-hybridized carbons (Fsp3) is 0. The summed E-state index contributed by atoms with van der Waals surface area (Å²) in [6.45, 7) is 0.